The lowest BCUT2D eigenvalue weighted by Crippen LogP contribution is -2.09. The average Bonchev–Trinajstić information content (AvgIpc) is 2.93. The molecule has 156 valence electrons. The topological polar surface area (TPSA) is 70.3 Å². The fourth-order valence-corrected chi connectivity index (χ4v) is 4.43. The Bertz CT molecular complexity index is 1310. The molecule has 0 amide bonds. The molecule has 0 radical (unpaired) electrons. The maximum atomic E-state index is 14.1. The molecule has 0 saturated heterocycles. The molecule has 0 fully saturated rings. The number of hydrogen-bond donors (Lipinski definition) is 0. The minimum Gasteiger partial charge on any atom is -0.260 e. The lowest BCUT2D eigenvalue weighted by atomic mass is 9.96. The van der Waals surface area contributed by atoms with Crippen molar-refractivity contribution in [1.29, 1.82) is 5.26 Å². The van der Waals surface area contributed by atoms with Crippen LogP contribution in [0, 0.1) is 23.0 Å². The number of fused-ring (bicyclic) bond motifs is 1. The van der Waals surface area contributed by atoms with Crippen LogP contribution in [0.15, 0.2) is 87.6 Å². The zero-order chi connectivity index (χ0) is 22.6. The monoisotopic (exact) mass is 436 g/mol. The number of benzene rings is 2. The van der Waals surface area contributed by atoms with Gasteiger partial charge in [0.25, 0.3) is 0 Å². The van der Waals surface area contributed by atoms with Crippen LogP contribution in [0.5, 0.6) is 0 Å². The second kappa shape index (κ2) is 9.02. The maximum absolute atomic E-state index is 14.1. The van der Waals surface area contributed by atoms with Gasteiger partial charge in [-0.25, -0.2) is 17.2 Å². The molecule has 1 aliphatic heterocycles. The first-order valence-corrected chi connectivity index (χ1v) is 10.7. The second-order valence-corrected chi connectivity index (χ2v) is 8.80. The fraction of sp³-hybridized carbons (Fsp3) is 0.0833. The normalized spacial score (nSPS) is 14.3. The lowest BCUT2D eigenvalue weighted by molar-refractivity contribution is 0.608. The first-order valence-electron chi connectivity index (χ1n) is 9.24. The molecule has 0 saturated carbocycles. The van der Waals surface area contributed by atoms with Crippen LogP contribution >= 0.6 is 0 Å². The summed E-state index contributed by atoms with van der Waals surface area (Å²) in [5.74, 6) is -1.03. The van der Waals surface area contributed by atoms with E-state index in [1.165, 1.54) is 66.9 Å². The minimum atomic E-state index is -4.07. The van der Waals surface area contributed by atoms with E-state index in [1.54, 1.807) is 6.92 Å². The third-order valence-corrected chi connectivity index (χ3v) is 6.47. The minimum absolute atomic E-state index is 0.0251. The Balaban J connectivity index is 2.25. The third-order valence-electron chi connectivity index (χ3n) is 4.62. The highest BCUT2D eigenvalue weighted by Crippen LogP contribution is 2.40. The van der Waals surface area contributed by atoms with Gasteiger partial charge < -0.3 is 0 Å². The molecule has 0 spiro atoms. The van der Waals surface area contributed by atoms with Crippen LogP contribution in [-0.4, -0.2) is 14.6 Å². The van der Waals surface area contributed by atoms with E-state index in [0.29, 0.717) is 16.8 Å². The summed E-state index contributed by atoms with van der Waals surface area (Å²) in [4.78, 5) is 4.05. The first kappa shape index (κ1) is 22.1. The standard InChI is InChI=1S/C24H18F2N2O2S/c1-16(15-27)4-3-5-17(2)31(29,30)23-12-13-28-22-11-10-20(26)14-21(22)24(23)18-6-8-19(25)9-7-18/h3-11,13-14H,2,12H2,1H3/b5-3-,16-4+. The Hall–Kier alpha value is -3.63. The third kappa shape index (κ3) is 4.76. The zero-order valence-corrected chi connectivity index (χ0v) is 17.5. The molecule has 7 heteroatoms. The Morgan fingerprint density at radius 1 is 1.16 bits per heavy atom. The molecule has 2 aromatic rings. The smallest absolute Gasteiger partial charge is 0.203 e. The fourth-order valence-electron chi connectivity index (χ4n) is 3.06. The molecule has 4 nitrogen and oxygen atoms in total. The van der Waals surface area contributed by atoms with Crippen molar-refractivity contribution in [3.05, 3.63) is 105 Å². The molecule has 2 aromatic carbocycles. The van der Waals surface area contributed by atoms with E-state index in [2.05, 4.69) is 11.6 Å². The summed E-state index contributed by atoms with van der Waals surface area (Å²) < 4.78 is 54.4. The van der Waals surface area contributed by atoms with Crippen molar-refractivity contribution < 1.29 is 17.2 Å². The summed E-state index contributed by atoms with van der Waals surface area (Å²) in [5, 5.41) is 8.82. The Morgan fingerprint density at radius 3 is 2.52 bits per heavy atom. The lowest BCUT2D eigenvalue weighted by Gasteiger charge is -2.16. The summed E-state index contributed by atoms with van der Waals surface area (Å²) in [5.41, 5.74) is 1.74. The van der Waals surface area contributed by atoms with Crippen molar-refractivity contribution in [2.45, 2.75) is 13.3 Å². The van der Waals surface area contributed by atoms with E-state index < -0.39 is 21.5 Å². The molecule has 0 aliphatic carbocycles. The van der Waals surface area contributed by atoms with Crippen molar-refractivity contribution in [3.8, 4) is 6.07 Å². The van der Waals surface area contributed by atoms with E-state index in [4.69, 9.17) is 5.26 Å². The van der Waals surface area contributed by atoms with Crippen LogP contribution in [-0.2, 0) is 9.84 Å². The molecule has 1 heterocycles. The highest BCUT2D eigenvalue weighted by atomic mass is 32.2. The molecule has 0 aromatic heterocycles. The highest BCUT2D eigenvalue weighted by molar-refractivity contribution is 7.99. The summed E-state index contributed by atoms with van der Waals surface area (Å²) in [6.45, 7) is 5.26. The molecule has 1 aliphatic rings. The van der Waals surface area contributed by atoms with E-state index in [-0.39, 0.29) is 27.4 Å². The van der Waals surface area contributed by atoms with Gasteiger partial charge in [0.1, 0.15) is 11.6 Å². The summed E-state index contributed by atoms with van der Waals surface area (Å²) in [6.07, 6.45) is 5.58. The Kier molecular flexibility index (Phi) is 6.42. The van der Waals surface area contributed by atoms with Crippen molar-refractivity contribution >= 4 is 27.3 Å². The van der Waals surface area contributed by atoms with Gasteiger partial charge in [-0.3, -0.25) is 4.99 Å². The van der Waals surface area contributed by atoms with Gasteiger partial charge in [-0.15, -0.1) is 0 Å². The van der Waals surface area contributed by atoms with Crippen molar-refractivity contribution in [2.24, 2.45) is 4.99 Å². The molecular weight excluding hydrogens is 418 g/mol. The number of rotatable bonds is 5. The molecular formula is C24H18F2N2O2S. The molecule has 0 atom stereocenters. The zero-order valence-electron chi connectivity index (χ0n) is 16.6. The van der Waals surface area contributed by atoms with E-state index in [1.807, 2.05) is 6.07 Å². The summed E-state index contributed by atoms with van der Waals surface area (Å²) >= 11 is 0. The van der Waals surface area contributed by atoms with Crippen LogP contribution in [0.2, 0.25) is 0 Å². The van der Waals surface area contributed by atoms with Gasteiger partial charge in [-0.1, -0.05) is 24.8 Å². The largest absolute Gasteiger partial charge is 0.260 e. The molecule has 0 unspecified atom stereocenters. The van der Waals surface area contributed by atoms with Gasteiger partial charge in [-0.2, -0.15) is 5.26 Å². The van der Waals surface area contributed by atoms with Gasteiger partial charge in [0.15, 0.2) is 0 Å². The van der Waals surface area contributed by atoms with Crippen LogP contribution in [0.3, 0.4) is 0 Å². The van der Waals surface area contributed by atoms with Gasteiger partial charge in [0, 0.05) is 29.3 Å². The predicted molar refractivity (Wildman–Crippen MR) is 118 cm³/mol. The van der Waals surface area contributed by atoms with Gasteiger partial charge >= 0.3 is 0 Å². The maximum Gasteiger partial charge on any atom is 0.203 e. The first-order chi connectivity index (χ1) is 14.7. The van der Waals surface area contributed by atoms with Crippen LogP contribution in [0.1, 0.15) is 24.5 Å². The van der Waals surface area contributed by atoms with E-state index >= 15 is 0 Å². The van der Waals surface area contributed by atoms with Crippen molar-refractivity contribution in [2.75, 3.05) is 0 Å². The van der Waals surface area contributed by atoms with Gasteiger partial charge in [-0.05, 0) is 55.0 Å². The van der Waals surface area contributed by atoms with Crippen molar-refractivity contribution in [1.82, 2.24) is 0 Å². The number of halogens is 2. The van der Waals surface area contributed by atoms with Gasteiger partial charge in [0.05, 0.1) is 21.6 Å². The number of nitrogens with zero attached hydrogens (tertiary/aromatic N) is 2. The van der Waals surface area contributed by atoms with Crippen LogP contribution in [0.25, 0.3) is 5.57 Å². The predicted octanol–water partition coefficient (Wildman–Crippen LogP) is 5.78. The quantitative estimate of drug-likeness (QED) is 0.440. The molecule has 3 rings (SSSR count). The van der Waals surface area contributed by atoms with E-state index in [0.717, 1.165) is 0 Å². The summed E-state index contributed by atoms with van der Waals surface area (Å²) in [7, 11) is -4.07. The Morgan fingerprint density at radius 2 is 1.84 bits per heavy atom. The average molecular weight is 436 g/mol. The van der Waals surface area contributed by atoms with Crippen LogP contribution in [0.4, 0.5) is 14.5 Å². The van der Waals surface area contributed by atoms with Crippen molar-refractivity contribution in [3.63, 3.8) is 0 Å². The molecule has 31 heavy (non-hydrogen) atoms. The number of allylic oxidation sites excluding steroid dienone is 5. The van der Waals surface area contributed by atoms with Gasteiger partial charge in [0.2, 0.25) is 9.84 Å². The number of aliphatic imine (C=N–C) groups is 1. The second-order valence-electron chi connectivity index (χ2n) is 6.77. The van der Waals surface area contributed by atoms with E-state index in [9.17, 15) is 17.2 Å². The number of nitriles is 1. The number of sulfone groups is 1. The van der Waals surface area contributed by atoms with Crippen LogP contribution < -0.4 is 0 Å². The summed E-state index contributed by atoms with van der Waals surface area (Å²) in [6, 6.07) is 11.2. The highest BCUT2D eigenvalue weighted by Gasteiger charge is 2.28. The molecule has 0 N–H and O–H groups in total. The molecule has 0 bridgehead atoms. The number of hydrogen-bond acceptors (Lipinski definition) is 4. The SMILES string of the molecule is C=C(/C=C\C=C(/C)C#N)S(=O)(=O)C1=C(c2ccc(F)cc2)c2cc(F)ccc2N=CC1. The Labute approximate surface area is 179 Å².